The zero-order valence-electron chi connectivity index (χ0n) is 25.0. The second-order valence-corrected chi connectivity index (χ2v) is 10.9. The molecule has 0 heterocycles. The van der Waals surface area contributed by atoms with Crippen molar-refractivity contribution in [2.75, 3.05) is 13.1 Å². The number of hydrogen-bond acceptors (Lipinski definition) is 6. The van der Waals surface area contributed by atoms with Crippen LogP contribution in [0.15, 0.2) is 0 Å². The van der Waals surface area contributed by atoms with Crippen LogP contribution in [0.5, 0.6) is 0 Å². The molecule has 0 rings (SSSR count). The molecule has 0 aromatic rings. The van der Waals surface area contributed by atoms with Gasteiger partial charge in [-0.1, -0.05) is 48.0 Å². The van der Waals surface area contributed by atoms with Gasteiger partial charge in [-0.3, -0.25) is 24.0 Å². The molecule has 0 spiro atoms. The van der Waals surface area contributed by atoms with Gasteiger partial charge in [-0.2, -0.15) is 0 Å². The Balaban J connectivity index is 5.40. The first kappa shape index (κ1) is 36.3. The molecule has 0 aromatic carbocycles. The van der Waals surface area contributed by atoms with Gasteiger partial charge in [-0.05, 0) is 50.9 Å². The molecule has 0 radical (unpaired) electrons. The molecule has 4 atom stereocenters. The van der Waals surface area contributed by atoms with E-state index >= 15 is 0 Å². The Morgan fingerprint density at radius 3 is 1.85 bits per heavy atom. The molecule has 0 aliphatic rings. The standard InChI is InChI=1S/C28H53N5O6/c1-8-12-22(33-28(39)23(16-19(6)7)32-24(34)13-11-14-25(35)36)27(38)31-20(15-18(4)5)17-30-21(9-2)26(37)29-10-3/h18-23,30H,8-17H2,1-7H3,(H,29,37)(H,31,38)(H,32,34)(H,33,39)(H,35,36)/t20-,21-,22-,23-/m0/s1. The van der Waals surface area contributed by atoms with Crippen LogP contribution in [-0.2, 0) is 24.0 Å². The van der Waals surface area contributed by atoms with Gasteiger partial charge >= 0.3 is 5.97 Å². The summed E-state index contributed by atoms with van der Waals surface area (Å²) in [4.78, 5) is 61.9. The lowest BCUT2D eigenvalue weighted by Gasteiger charge is -2.28. The SMILES string of the molecule is CCC[C@H](NC(=O)[C@H](CC(C)C)NC(=O)CCCC(=O)O)C(=O)N[C@H](CN[C@@H](CC)C(=O)NCC)CC(C)C. The summed E-state index contributed by atoms with van der Waals surface area (Å²) in [6, 6.07) is -2.21. The van der Waals surface area contributed by atoms with Crippen LogP contribution >= 0.6 is 0 Å². The number of amides is 4. The van der Waals surface area contributed by atoms with E-state index < -0.39 is 29.9 Å². The molecule has 11 nitrogen and oxygen atoms in total. The lowest BCUT2D eigenvalue weighted by atomic mass is 10.0. The quantitative estimate of drug-likeness (QED) is 0.126. The predicted molar refractivity (Wildman–Crippen MR) is 152 cm³/mol. The highest BCUT2D eigenvalue weighted by Crippen LogP contribution is 2.10. The molecule has 0 aromatic heterocycles. The summed E-state index contributed by atoms with van der Waals surface area (Å²) in [5.74, 6) is -1.79. The zero-order chi connectivity index (χ0) is 30.0. The first-order valence-corrected chi connectivity index (χ1v) is 14.5. The number of nitrogens with one attached hydrogen (secondary N) is 5. The molecule has 39 heavy (non-hydrogen) atoms. The topological polar surface area (TPSA) is 166 Å². The summed E-state index contributed by atoms with van der Waals surface area (Å²) in [5.41, 5.74) is 0. The fraction of sp³-hybridized carbons (Fsp3) is 0.821. The van der Waals surface area contributed by atoms with Gasteiger partial charge in [0, 0.05) is 32.0 Å². The van der Waals surface area contributed by atoms with E-state index in [9.17, 15) is 24.0 Å². The van der Waals surface area contributed by atoms with Crippen molar-refractivity contribution in [1.29, 1.82) is 0 Å². The van der Waals surface area contributed by atoms with Crippen LogP contribution in [0.25, 0.3) is 0 Å². The van der Waals surface area contributed by atoms with Crippen molar-refractivity contribution in [3.05, 3.63) is 0 Å². The van der Waals surface area contributed by atoms with Crippen molar-refractivity contribution in [1.82, 2.24) is 26.6 Å². The van der Waals surface area contributed by atoms with E-state index in [0.717, 1.165) is 0 Å². The van der Waals surface area contributed by atoms with Gasteiger partial charge in [0.25, 0.3) is 0 Å². The molecule has 6 N–H and O–H groups in total. The van der Waals surface area contributed by atoms with Gasteiger partial charge in [-0.25, -0.2) is 0 Å². The van der Waals surface area contributed by atoms with Crippen LogP contribution in [0.3, 0.4) is 0 Å². The van der Waals surface area contributed by atoms with Crippen molar-refractivity contribution in [2.24, 2.45) is 11.8 Å². The minimum atomic E-state index is -0.979. The van der Waals surface area contributed by atoms with Crippen LogP contribution in [-0.4, -0.2) is 72.0 Å². The van der Waals surface area contributed by atoms with Crippen LogP contribution in [0, 0.1) is 11.8 Å². The molecule has 4 amide bonds. The minimum Gasteiger partial charge on any atom is -0.481 e. The van der Waals surface area contributed by atoms with Crippen molar-refractivity contribution in [3.8, 4) is 0 Å². The third-order valence-electron chi connectivity index (χ3n) is 6.15. The summed E-state index contributed by atoms with van der Waals surface area (Å²) < 4.78 is 0. The Morgan fingerprint density at radius 2 is 1.33 bits per heavy atom. The van der Waals surface area contributed by atoms with Gasteiger partial charge in [-0.15, -0.1) is 0 Å². The average Bonchev–Trinajstić information content (AvgIpc) is 2.82. The van der Waals surface area contributed by atoms with E-state index in [4.69, 9.17) is 5.11 Å². The van der Waals surface area contributed by atoms with Gasteiger partial charge in [0.05, 0.1) is 6.04 Å². The van der Waals surface area contributed by atoms with Crippen molar-refractivity contribution < 1.29 is 29.1 Å². The minimum absolute atomic E-state index is 0.00592. The van der Waals surface area contributed by atoms with E-state index in [-0.39, 0.29) is 49.1 Å². The number of likely N-dealkylation sites (N-methyl/N-ethyl adjacent to an activating group) is 1. The second kappa shape index (κ2) is 20.2. The lowest BCUT2D eigenvalue weighted by Crippen LogP contribution is -2.56. The number of rotatable bonds is 21. The molecule has 226 valence electrons. The van der Waals surface area contributed by atoms with Gasteiger partial charge in [0.1, 0.15) is 12.1 Å². The monoisotopic (exact) mass is 555 g/mol. The largest absolute Gasteiger partial charge is 0.481 e. The van der Waals surface area contributed by atoms with E-state index in [1.165, 1.54) is 0 Å². The first-order chi connectivity index (χ1) is 18.3. The number of hydrogen-bond donors (Lipinski definition) is 6. The van der Waals surface area contributed by atoms with Crippen LogP contribution in [0.1, 0.15) is 99.8 Å². The summed E-state index contributed by atoms with van der Waals surface area (Å²) in [6.45, 7) is 14.6. The Hall–Kier alpha value is -2.69. The van der Waals surface area contributed by atoms with Crippen LogP contribution < -0.4 is 26.6 Å². The average molecular weight is 556 g/mol. The second-order valence-electron chi connectivity index (χ2n) is 10.9. The molecule has 0 saturated heterocycles. The van der Waals surface area contributed by atoms with Gasteiger partial charge < -0.3 is 31.7 Å². The fourth-order valence-electron chi connectivity index (χ4n) is 4.27. The van der Waals surface area contributed by atoms with Crippen molar-refractivity contribution >= 4 is 29.6 Å². The maximum absolute atomic E-state index is 13.3. The smallest absolute Gasteiger partial charge is 0.303 e. The van der Waals surface area contributed by atoms with Crippen molar-refractivity contribution in [2.45, 2.75) is 124 Å². The van der Waals surface area contributed by atoms with Crippen molar-refractivity contribution in [3.63, 3.8) is 0 Å². The van der Waals surface area contributed by atoms with E-state index in [1.54, 1.807) is 0 Å². The maximum atomic E-state index is 13.3. The highest BCUT2D eigenvalue weighted by molar-refractivity contribution is 5.92. The van der Waals surface area contributed by atoms with E-state index in [1.807, 2.05) is 34.6 Å². The summed E-state index contributed by atoms with van der Waals surface area (Å²) in [6.07, 6.45) is 2.85. The molecule has 11 heteroatoms. The molecule has 0 fully saturated rings. The van der Waals surface area contributed by atoms with Crippen LogP contribution in [0.2, 0.25) is 0 Å². The fourth-order valence-corrected chi connectivity index (χ4v) is 4.27. The molecule has 0 unspecified atom stereocenters. The van der Waals surface area contributed by atoms with Crippen LogP contribution in [0.4, 0.5) is 0 Å². The number of carboxylic acid groups (broad SMARTS) is 1. The summed E-state index contributed by atoms with van der Waals surface area (Å²) in [5, 5.41) is 23.5. The number of carboxylic acids is 1. The van der Waals surface area contributed by atoms with E-state index in [2.05, 4.69) is 40.4 Å². The van der Waals surface area contributed by atoms with Gasteiger partial charge in [0.2, 0.25) is 23.6 Å². The Bertz CT molecular complexity index is 774. The Labute approximate surface area is 234 Å². The maximum Gasteiger partial charge on any atom is 0.303 e. The number of carbonyl (C=O) groups excluding carboxylic acids is 4. The normalized spacial score (nSPS) is 14.3. The first-order valence-electron chi connectivity index (χ1n) is 14.5. The number of aliphatic carboxylic acids is 1. The number of carbonyl (C=O) groups is 5. The summed E-state index contributed by atoms with van der Waals surface area (Å²) in [7, 11) is 0. The third-order valence-corrected chi connectivity index (χ3v) is 6.15. The highest BCUT2D eigenvalue weighted by atomic mass is 16.4. The Kier molecular flexibility index (Phi) is 18.9. The van der Waals surface area contributed by atoms with E-state index in [0.29, 0.717) is 51.1 Å². The summed E-state index contributed by atoms with van der Waals surface area (Å²) >= 11 is 0. The highest BCUT2D eigenvalue weighted by Gasteiger charge is 2.28. The lowest BCUT2D eigenvalue weighted by molar-refractivity contribution is -0.137. The molecule has 0 bridgehead atoms. The zero-order valence-corrected chi connectivity index (χ0v) is 25.0. The third kappa shape index (κ3) is 16.8. The van der Waals surface area contributed by atoms with Gasteiger partial charge in [0.15, 0.2) is 0 Å². The predicted octanol–water partition coefficient (Wildman–Crippen LogP) is 2.09. The molecule has 0 aliphatic carbocycles. The Morgan fingerprint density at radius 1 is 0.718 bits per heavy atom. The molecule has 0 aliphatic heterocycles. The molecular formula is C28H53N5O6. The molecular weight excluding hydrogens is 502 g/mol. The molecule has 0 saturated carbocycles.